The van der Waals surface area contributed by atoms with Crippen molar-refractivity contribution in [3.63, 3.8) is 0 Å². The summed E-state index contributed by atoms with van der Waals surface area (Å²) < 4.78 is 0. The summed E-state index contributed by atoms with van der Waals surface area (Å²) in [6.07, 6.45) is 7.62. The van der Waals surface area contributed by atoms with Gasteiger partial charge < -0.3 is 15.8 Å². The number of unbranched alkanes of at least 4 members (excludes halogenated alkanes) is 4. The molecular weight excluding hydrogens is 252 g/mol. The third-order valence-corrected chi connectivity index (χ3v) is 4.27. The molecule has 1 fully saturated rings. The third-order valence-electron chi connectivity index (χ3n) is 4.27. The number of nitrogens with zero attached hydrogens (tertiary/aromatic N) is 3. The lowest BCUT2D eigenvalue weighted by atomic mass is 10.1. The van der Waals surface area contributed by atoms with Crippen LogP contribution in [0.4, 0.5) is 0 Å². The van der Waals surface area contributed by atoms with E-state index in [1.165, 1.54) is 38.6 Å². The van der Waals surface area contributed by atoms with Gasteiger partial charge in [0, 0.05) is 26.2 Å². The summed E-state index contributed by atoms with van der Waals surface area (Å²) in [7, 11) is 0. The maximum Gasteiger partial charge on any atom is 0.156 e. The Labute approximate surface area is 123 Å². The Kier molecular flexibility index (Phi) is 8.62. The van der Waals surface area contributed by atoms with E-state index in [0.29, 0.717) is 5.84 Å². The fourth-order valence-electron chi connectivity index (χ4n) is 2.96. The molecule has 5 heteroatoms. The summed E-state index contributed by atoms with van der Waals surface area (Å²) in [5.41, 5.74) is 5.76. The maximum atomic E-state index is 8.83. The second kappa shape index (κ2) is 10.00. The zero-order valence-corrected chi connectivity index (χ0v) is 13.2. The molecule has 0 saturated carbocycles. The maximum absolute atomic E-state index is 8.83. The van der Waals surface area contributed by atoms with Crippen molar-refractivity contribution in [2.45, 2.75) is 58.4 Å². The lowest BCUT2D eigenvalue weighted by Gasteiger charge is -2.38. The van der Waals surface area contributed by atoms with Crippen LogP contribution in [0.15, 0.2) is 5.16 Å². The molecule has 0 amide bonds. The molecule has 0 aromatic rings. The number of piperazine rings is 1. The van der Waals surface area contributed by atoms with Gasteiger partial charge in [-0.1, -0.05) is 44.7 Å². The van der Waals surface area contributed by atoms with Gasteiger partial charge >= 0.3 is 0 Å². The average molecular weight is 284 g/mol. The minimum atomic E-state index is 0.0895. The fourth-order valence-corrected chi connectivity index (χ4v) is 2.96. The van der Waals surface area contributed by atoms with Gasteiger partial charge in [0.2, 0.25) is 0 Å². The van der Waals surface area contributed by atoms with Crippen molar-refractivity contribution < 1.29 is 5.21 Å². The topological polar surface area (TPSA) is 65.1 Å². The monoisotopic (exact) mass is 284 g/mol. The summed E-state index contributed by atoms with van der Waals surface area (Å²) in [6.45, 7) is 9.80. The minimum absolute atomic E-state index is 0.0895. The van der Waals surface area contributed by atoms with Gasteiger partial charge in [-0.3, -0.25) is 4.90 Å². The van der Waals surface area contributed by atoms with Crippen LogP contribution in [0.2, 0.25) is 0 Å². The lowest BCUT2D eigenvalue weighted by Crippen LogP contribution is -2.54. The first kappa shape index (κ1) is 17.2. The first-order valence-electron chi connectivity index (χ1n) is 8.16. The Morgan fingerprint density at radius 2 is 1.75 bits per heavy atom. The first-order valence-corrected chi connectivity index (χ1v) is 8.16. The predicted molar refractivity (Wildman–Crippen MR) is 84.3 cm³/mol. The molecular formula is C15H32N4O. The molecule has 1 aliphatic rings. The van der Waals surface area contributed by atoms with Crippen molar-refractivity contribution in [2.75, 3.05) is 32.7 Å². The van der Waals surface area contributed by atoms with Gasteiger partial charge in [-0.15, -0.1) is 0 Å². The van der Waals surface area contributed by atoms with Gasteiger partial charge in [-0.25, -0.2) is 0 Å². The summed E-state index contributed by atoms with van der Waals surface area (Å²) in [5.74, 6) is 0.348. The Balaban J connectivity index is 2.22. The smallest absolute Gasteiger partial charge is 0.156 e. The van der Waals surface area contributed by atoms with Crippen molar-refractivity contribution in [1.29, 1.82) is 0 Å². The highest BCUT2D eigenvalue weighted by atomic mass is 16.4. The molecule has 1 rings (SSSR count). The van der Waals surface area contributed by atoms with Crippen LogP contribution >= 0.6 is 0 Å². The Morgan fingerprint density at radius 1 is 1.10 bits per heavy atom. The first-order chi connectivity index (χ1) is 9.72. The van der Waals surface area contributed by atoms with E-state index in [2.05, 4.69) is 28.8 Å². The highest BCUT2D eigenvalue weighted by molar-refractivity contribution is 5.85. The molecule has 118 valence electrons. The fraction of sp³-hybridized carbons (Fsp3) is 0.933. The standard InChI is InChI=1S/C15H32N4O/c1-3-5-6-7-8-9-18-10-12-19(13-11-18)14(4-2)15(16)17-20/h14,20H,3-13H2,1-2H3,(H2,16,17). The molecule has 1 unspecified atom stereocenters. The van der Waals surface area contributed by atoms with Gasteiger partial charge in [-0.2, -0.15) is 0 Å². The quantitative estimate of drug-likeness (QED) is 0.224. The second-order valence-electron chi connectivity index (χ2n) is 5.74. The van der Waals surface area contributed by atoms with Crippen LogP contribution in [0, 0.1) is 0 Å². The molecule has 3 N–H and O–H groups in total. The van der Waals surface area contributed by atoms with E-state index < -0.39 is 0 Å². The van der Waals surface area contributed by atoms with Gasteiger partial charge in [0.25, 0.3) is 0 Å². The van der Waals surface area contributed by atoms with E-state index in [4.69, 9.17) is 10.9 Å². The van der Waals surface area contributed by atoms with Gasteiger partial charge in [0.15, 0.2) is 5.84 Å². The summed E-state index contributed by atoms with van der Waals surface area (Å²) in [4.78, 5) is 4.88. The number of hydrogen-bond acceptors (Lipinski definition) is 4. The van der Waals surface area contributed by atoms with E-state index in [1.54, 1.807) is 0 Å². The summed E-state index contributed by atoms with van der Waals surface area (Å²) in [6, 6.07) is 0.0895. The Hall–Kier alpha value is -0.810. The number of rotatable bonds is 9. The Bertz CT molecular complexity index is 275. The third kappa shape index (κ3) is 5.67. The zero-order chi connectivity index (χ0) is 14.8. The van der Waals surface area contributed by atoms with Crippen LogP contribution in [0.1, 0.15) is 52.4 Å². The molecule has 0 spiro atoms. The Morgan fingerprint density at radius 3 is 2.30 bits per heavy atom. The highest BCUT2D eigenvalue weighted by Gasteiger charge is 2.25. The zero-order valence-electron chi connectivity index (χ0n) is 13.2. The van der Waals surface area contributed by atoms with Crippen LogP contribution in [-0.4, -0.2) is 59.6 Å². The molecule has 0 aliphatic carbocycles. The van der Waals surface area contributed by atoms with Crippen molar-refractivity contribution in [1.82, 2.24) is 9.80 Å². The van der Waals surface area contributed by atoms with Gasteiger partial charge in [-0.05, 0) is 19.4 Å². The van der Waals surface area contributed by atoms with E-state index in [-0.39, 0.29) is 6.04 Å². The van der Waals surface area contributed by atoms with Crippen molar-refractivity contribution in [3.8, 4) is 0 Å². The van der Waals surface area contributed by atoms with Crippen molar-refractivity contribution in [2.24, 2.45) is 10.9 Å². The van der Waals surface area contributed by atoms with E-state index in [9.17, 15) is 0 Å². The second-order valence-corrected chi connectivity index (χ2v) is 5.74. The molecule has 5 nitrogen and oxygen atoms in total. The van der Waals surface area contributed by atoms with E-state index >= 15 is 0 Å². The van der Waals surface area contributed by atoms with E-state index in [1.807, 2.05) is 0 Å². The minimum Gasteiger partial charge on any atom is -0.409 e. The van der Waals surface area contributed by atoms with E-state index in [0.717, 1.165) is 32.6 Å². The van der Waals surface area contributed by atoms with Gasteiger partial charge in [0.05, 0.1) is 6.04 Å². The summed E-state index contributed by atoms with van der Waals surface area (Å²) >= 11 is 0. The molecule has 1 aliphatic heterocycles. The SMILES string of the molecule is CCCCCCCN1CCN(C(CC)C(N)=NO)CC1. The number of amidine groups is 1. The van der Waals surface area contributed by atoms with Crippen molar-refractivity contribution >= 4 is 5.84 Å². The molecule has 20 heavy (non-hydrogen) atoms. The van der Waals surface area contributed by atoms with Crippen LogP contribution in [-0.2, 0) is 0 Å². The number of nitrogens with two attached hydrogens (primary N) is 1. The van der Waals surface area contributed by atoms with Crippen LogP contribution in [0.5, 0.6) is 0 Å². The van der Waals surface area contributed by atoms with Gasteiger partial charge in [0.1, 0.15) is 0 Å². The highest BCUT2D eigenvalue weighted by Crippen LogP contribution is 2.11. The average Bonchev–Trinajstić information content (AvgIpc) is 2.49. The number of hydrogen-bond donors (Lipinski definition) is 2. The van der Waals surface area contributed by atoms with Crippen LogP contribution in [0.25, 0.3) is 0 Å². The molecule has 0 bridgehead atoms. The predicted octanol–water partition coefficient (Wildman–Crippen LogP) is 2.10. The molecule has 1 atom stereocenters. The number of oxime groups is 1. The lowest BCUT2D eigenvalue weighted by molar-refractivity contribution is 0.113. The van der Waals surface area contributed by atoms with Crippen LogP contribution in [0.3, 0.4) is 0 Å². The molecule has 0 radical (unpaired) electrons. The largest absolute Gasteiger partial charge is 0.409 e. The molecule has 1 heterocycles. The molecule has 1 saturated heterocycles. The molecule has 0 aromatic carbocycles. The van der Waals surface area contributed by atoms with Crippen molar-refractivity contribution in [3.05, 3.63) is 0 Å². The normalized spacial score (nSPS) is 20.2. The van der Waals surface area contributed by atoms with Crippen LogP contribution < -0.4 is 5.73 Å². The summed E-state index contributed by atoms with van der Waals surface area (Å²) in [5, 5.41) is 12.0. The molecule has 0 aromatic heterocycles.